The van der Waals surface area contributed by atoms with E-state index in [0.717, 1.165) is 49.4 Å². The summed E-state index contributed by atoms with van der Waals surface area (Å²) in [5.74, 6) is 4.50. The van der Waals surface area contributed by atoms with Crippen LogP contribution in [0.4, 0.5) is 0 Å². The number of rotatable bonds is 0. The molecule has 0 bridgehead atoms. The molecule has 0 aromatic carbocycles. The second-order valence-corrected chi connectivity index (χ2v) is 8.49. The topological polar surface area (TPSA) is 37.3 Å². The maximum atomic E-state index is 12.3. The number of hydrogen-bond acceptors (Lipinski definition) is 2. The van der Waals surface area contributed by atoms with E-state index >= 15 is 0 Å². The lowest BCUT2D eigenvalue weighted by molar-refractivity contribution is -0.131. The van der Waals surface area contributed by atoms with Crippen LogP contribution in [0.2, 0.25) is 0 Å². The summed E-state index contributed by atoms with van der Waals surface area (Å²) in [7, 11) is 0. The molecule has 0 radical (unpaired) electrons. The molecule has 4 rings (SSSR count). The molecular formula is C18H28O2. The molecule has 0 saturated heterocycles. The van der Waals surface area contributed by atoms with Crippen molar-refractivity contribution in [3.63, 3.8) is 0 Å². The van der Waals surface area contributed by atoms with E-state index in [2.05, 4.69) is 6.92 Å². The first-order chi connectivity index (χ1) is 9.56. The van der Waals surface area contributed by atoms with Gasteiger partial charge < -0.3 is 5.11 Å². The molecule has 2 heteroatoms. The number of hydrogen-bond donors (Lipinski definition) is 1. The minimum absolute atomic E-state index is 0.0299. The fourth-order valence-electron chi connectivity index (χ4n) is 6.31. The minimum atomic E-state index is -0.0327. The van der Waals surface area contributed by atoms with Crippen LogP contribution in [0.15, 0.2) is 0 Å². The van der Waals surface area contributed by atoms with E-state index in [0.29, 0.717) is 11.7 Å². The minimum Gasteiger partial charge on any atom is -0.393 e. The van der Waals surface area contributed by atoms with E-state index in [1.165, 1.54) is 32.1 Å². The Morgan fingerprint density at radius 1 is 0.950 bits per heavy atom. The highest BCUT2D eigenvalue weighted by atomic mass is 16.3. The zero-order chi connectivity index (χ0) is 13.9. The molecule has 4 aliphatic carbocycles. The lowest BCUT2D eigenvalue weighted by Gasteiger charge is -2.52. The Balaban J connectivity index is 1.53. The van der Waals surface area contributed by atoms with Gasteiger partial charge >= 0.3 is 0 Å². The number of carbonyl (C=O) groups is 1. The highest BCUT2D eigenvalue weighted by Gasteiger charge is 2.54. The van der Waals surface area contributed by atoms with Gasteiger partial charge in [-0.25, -0.2) is 0 Å². The van der Waals surface area contributed by atoms with E-state index in [9.17, 15) is 9.90 Å². The molecule has 20 heavy (non-hydrogen) atoms. The van der Waals surface area contributed by atoms with Crippen LogP contribution < -0.4 is 0 Å². The van der Waals surface area contributed by atoms with Gasteiger partial charge in [-0.1, -0.05) is 6.92 Å². The summed E-state index contributed by atoms with van der Waals surface area (Å²) >= 11 is 0. The van der Waals surface area contributed by atoms with Gasteiger partial charge in [0.15, 0.2) is 0 Å². The van der Waals surface area contributed by atoms with Gasteiger partial charge in [0.1, 0.15) is 5.78 Å². The van der Waals surface area contributed by atoms with Crippen LogP contribution >= 0.6 is 0 Å². The standard InChI is InChI=1S/C18H28O2/c1-18-10-14-6-11-2-4-16(19)9-13(11)7-12(14)8-15(18)3-5-17(18)20/h11-16,19H,2-10H2,1H3/t11-,12-,13+,14-,15+,16-,18+/m1/s1. The zero-order valence-electron chi connectivity index (χ0n) is 12.7. The Bertz CT molecular complexity index is 418. The summed E-state index contributed by atoms with van der Waals surface area (Å²) in [5.41, 5.74) is 0.0299. The smallest absolute Gasteiger partial charge is 0.139 e. The third-order valence-corrected chi connectivity index (χ3v) is 7.52. The predicted octanol–water partition coefficient (Wildman–Crippen LogP) is 3.57. The Labute approximate surface area is 122 Å². The predicted molar refractivity (Wildman–Crippen MR) is 78.1 cm³/mol. The van der Waals surface area contributed by atoms with Gasteiger partial charge in [0.05, 0.1) is 6.10 Å². The van der Waals surface area contributed by atoms with Gasteiger partial charge in [-0.2, -0.15) is 0 Å². The van der Waals surface area contributed by atoms with Gasteiger partial charge in [-0.05, 0) is 81.0 Å². The van der Waals surface area contributed by atoms with Crippen molar-refractivity contribution in [2.24, 2.45) is 35.0 Å². The zero-order valence-corrected chi connectivity index (χ0v) is 12.7. The van der Waals surface area contributed by atoms with Crippen LogP contribution in [-0.2, 0) is 4.79 Å². The van der Waals surface area contributed by atoms with Gasteiger partial charge in [0.25, 0.3) is 0 Å². The fraction of sp³-hybridized carbons (Fsp3) is 0.944. The number of ketones is 1. The molecule has 0 unspecified atom stereocenters. The van der Waals surface area contributed by atoms with E-state index in [1.807, 2.05) is 0 Å². The summed E-state index contributed by atoms with van der Waals surface area (Å²) in [6.07, 6.45) is 10.4. The van der Waals surface area contributed by atoms with Crippen LogP contribution in [0.25, 0.3) is 0 Å². The number of carbonyl (C=O) groups excluding carboxylic acids is 1. The van der Waals surface area contributed by atoms with E-state index in [-0.39, 0.29) is 11.5 Å². The molecule has 4 aliphatic rings. The number of aliphatic hydroxyl groups is 1. The van der Waals surface area contributed by atoms with Gasteiger partial charge in [-0.15, -0.1) is 0 Å². The van der Waals surface area contributed by atoms with E-state index in [4.69, 9.17) is 0 Å². The molecule has 112 valence electrons. The highest BCUT2D eigenvalue weighted by molar-refractivity contribution is 5.87. The molecular weight excluding hydrogens is 248 g/mol. The Morgan fingerprint density at radius 3 is 2.55 bits per heavy atom. The first-order valence-electron chi connectivity index (χ1n) is 8.77. The van der Waals surface area contributed by atoms with Crippen molar-refractivity contribution >= 4 is 5.78 Å². The number of Topliss-reactive ketones (excluding diaryl/α,β-unsaturated/α-hetero) is 1. The van der Waals surface area contributed by atoms with Gasteiger partial charge in [0.2, 0.25) is 0 Å². The Kier molecular flexibility index (Phi) is 3.03. The monoisotopic (exact) mass is 276 g/mol. The van der Waals surface area contributed by atoms with Crippen molar-refractivity contribution < 1.29 is 9.90 Å². The maximum Gasteiger partial charge on any atom is 0.139 e. The maximum absolute atomic E-state index is 12.3. The molecule has 1 N–H and O–H groups in total. The first-order valence-corrected chi connectivity index (χ1v) is 8.77. The van der Waals surface area contributed by atoms with Crippen LogP contribution in [-0.4, -0.2) is 17.0 Å². The molecule has 0 aromatic rings. The van der Waals surface area contributed by atoms with Gasteiger partial charge in [0, 0.05) is 11.8 Å². The largest absolute Gasteiger partial charge is 0.393 e. The van der Waals surface area contributed by atoms with Crippen LogP contribution in [0, 0.1) is 35.0 Å². The van der Waals surface area contributed by atoms with Crippen molar-refractivity contribution in [2.75, 3.05) is 0 Å². The number of aliphatic hydroxyl groups excluding tert-OH is 1. The van der Waals surface area contributed by atoms with Crippen LogP contribution in [0.3, 0.4) is 0 Å². The molecule has 0 amide bonds. The average Bonchev–Trinajstić information content (AvgIpc) is 2.70. The van der Waals surface area contributed by atoms with E-state index < -0.39 is 0 Å². The summed E-state index contributed by atoms with van der Waals surface area (Å²) in [6.45, 7) is 2.26. The number of fused-ring (bicyclic) bond motifs is 3. The summed E-state index contributed by atoms with van der Waals surface area (Å²) < 4.78 is 0. The lowest BCUT2D eigenvalue weighted by atomic mass is 9.53. The first kappa shape index (κ1) is 13.3. The molecule has 4 fully saturated rings. The van der Waals surface area contributed by atoms with Crippen molar-refractivity contribution in [3.8, 4) is 0 Å². The van der Waals surface area contributed by atoms with Crippen LogP contribution in [0.1, 0.15) is 64.7 Å². The van der Waals surface area contributed by atoms with Gasteiger partial charge in [-0.3, -0.25) is 4.79 Å². The SMILES string of the molecule is C[C@]12C[C@H]3C[C@H]4CC[C@@H](O)C[C@@H]4C[C@@H]3C[C@@H]1CCC2=O. The van der Waals surface area contributed by atoms with Crippen LogP contribution in [0.5, 0.6) is 0 Å². The normalized spacial score (nSPS) is 55.0. The molecule has 0 aliphatic heterocycles. The quantitative estimate of drug-likeness (QED) is 0.734. The second-order valence-electron chi connectivity index (χ2n) is 8.49. The average molecular weight is 276 g/mol. The van der Waals surface area contributed by atoms with Crippen molar-refractivity contribution in [1.29, 1.82) is 0 Å². The molecule has 2 nitrogen and oxygen atoms in total. The summed E-state index contributed by atoms with van der Waals surface area (Å²) in [4.78, 5) is 12.3. The summed E-state index contributed by atoms with van der Waals surface area (Å²) in [6, 6.07) is 0. The van der Waals surface area contributed by atoms with Crippen molar-refractivity contribution in [2.45, 2.75) is 70.8 Å². The third-order valence-electron chi connectivity index (χ3n) is 7.52. The second kappa shape index (κ2) is 4.56. The fourth-order valence-corrected chi connectivity index (χ4v) is 6.31. The van der Waals surface area contributed by atoms with Crippen molar-refractivity contribution in [1.82, 2.24) is 0 Å². The van der Waals surface area contributed by atoms with Crippen molar-refractivity contribution in [3.05, 3.63) is 0 Å². The molecule has 0 heterocycles. The molecule has 0 aromatic heterocycles. The van der Waals surface area contributed by atoms with E-state index in [1.54, 1.807) is 0 Å². The Morgan fingerprint density at radius 2 is 1.70 bits per heavy atom. The molecule has 4 saturated carbocycles. The molecule has 7 atom stereocenters. The molecule has 0 spiro atoms. The third kappa shape index (κ3) is 1.90. The Hall–Kier alpha value is -0.370. The lowest BCUT2D eigenvalue weighted by Crippen LogP contribution is -2.45. The summed E-state index contributed by atoms with van der Waals surface area (Å²) in [5, 5.41) is 9.93. The highest BCUT2D eigenvalue weighted by Crippen LogP contribution is 2.59.